The fourth-order valence-corrected chi connectivity index (χ4v) is 7.99. The molecule has 0 atom stereocenters. The Morgan fingerprint density at radius 2 is 1.52 bits per heavy atom. The summed E-state index contributed by atoms with van der Waals surface area (Å²) in [6.07, 6.45) is 4.95. The van der Waals surface area contributed by atoms with Crippen LogP contribution in [0.3, 0.4) is 0 Å². The van der Waals surface area contributed by atoms with Crippen LogP contribution in [0, 0.1) is 17.1 Å². The zero-order valence-corrected chi connectivity index (χ0v) is 25.7. The fourth-order valence-electron chi connectivity index (χ4n) is 6.70. The number of Topliss-reactive ketones (excluding diaryl/α,β-unsaturated/α-hetero) is 2. The number of allylic oxidation sites excluding steroid dienone is 1. The van der Waals surface area contributed by atoms with Crippen molar-refractivity contribution in [3.05, 3.63) is 147 Å². The molecule has 1 aliphatic heterocycles. The molecule has 0 bridgehead atoms. The number of ketones is 2. The van der Waals surface area contributed by atoms with Crippen LogP contribution < -0.4 is 4.90 Å². The van der Waals surface area contributed by atoms with Gasteiger partial charge in [0.15, 0.2) is 11.6 Å². The van der Waals surface area contributed by atoms with E-state index in [-0.39, 0.29) is 23.0 Å². The van der Waals surface area contributed by atoms with Crippen molar-refractivity contribution in [2.75, 3.05) is 4.90 Å². The number of rotatable bonds is 3. The largest absolute Gasteiger partial charge is 0.301 e. The molecule has 0 N–H and O–H groups in total. The van der Waals surface area contributed by atoms with Crippen LogP contribution in [0.4, 0.5) is 20.8 Å². The number of benzene rings is 4. The molecule has 4 aromatic carbocycles. The molecule has 7 heteroatoms. The number of nitrogens with zero attached hydrogens (tertiary/aromatic N) is 3. The van der Waals surface area contributed by atoms with Crippen molar-refractivity contribution in [1.82, 2.24) is 4.98 Å². The van der Waals surface area contributed by atoms with Gasteiger partial charge in [0.25, 0.3) is 0 Å². The molecule has 46 heavy (non-hydrogen) atoms. The van der Waals surface area contributed by atoms with E-state index in [2.05, 4.69) is 41.9 Å². The molecule has 5 nitrogen and oxygen atoms in total. The Morgan fingerprint density at radius 3 is 2.26 bits per heavy atom. The number of pyridine rings is 1. The highest BCUT2D eigenvalue weighted by atomic mass is 32.1. The highest BCUT2D eigenvalue weighted by molar-refractivity contribution is 7.17. The van der Waals surface area contributed by atoms with E-state index in [1.165, 1.54) is 17.4 Å². The number of aromatic nitrogens is 1. The van der Waals surface area contributed by atoms with Gasteiger partial charge in [0.1, 0.15) is 16.9 Å². The van der Waals surface area contributed by atoms with Crippen molar-refractivity contribution in [3.8, 4) is 17.2 Å². The van der Waals surface area contributed by atoms with Crippen LogP contribution in [0.1, 0.15) is 56.1 Å². The number of carbonyl (C=O) groups excluding carboxylic acids is 2. The zero-order valence-electron chi connectivity index (χ0n) is 24.8. The molecule has 2 aliphatic rings. The van der Waals surface area contributed by atoms with E-state index in [4.69, 9.17) is 0 Å². The summed E-state index contributed by atoms with van der Waals surface area (Å²) < 4.78 is 15.1. The third kappa shape index (κ3) is 4.01. The van der Waals surface area contributed by atoms with Gasteiger partial charge in [-0.2, -0.15) is 5.26 Å². The standard InChI is InChI=1S/C39H24FN3O2S/c1-39(2)31-17-22(25-15-16-42-21-23(25)20-41)11-13-35(31)43(34-14-12-33(40)26-7-3-4-8-27(26)34)38-32(39)19-24(46-38)18-30-36(44)28-9-5-6-10-29(28)37(30)45/h3-19,21H,1-2H3. The van der Waals surface area contributed by atoms with E-state index in [9.17, 15) is 14.9 Å². The predicted octanol–water partition coefficient (Wildman–Crippen LogP) is 9.55. The third-order valence-electron chi connectivity index (χ3n) is 9.05. The van der Waals surface area contributed by atoms with Gasteiger partial charge in [-0.3, -0.25) is 14.6 Å². The van der Waals surface area contributed by atoms with E-state index in [0.29, 0.717) is 22.1 Å². The molecule has 220 valence electrons. The van der Waals surface area contributed by atoms with Crippen molar-refractivity contribution >= 4 is 56.1 Å². The summed E-state index contributed by atoms with van der Waals surface area (Å²) in [5.41, 5.74) is 6.40. The lowest BCUT2D eigenvalue weighted by Gasteiger charge is -2.40. The second kappa shape index (κ2) is 10.2. The molecule has 0 unspecified atom stereocenters. The van der Waals surface area contributed by atoms with Crippen molar-refractivity contribution in [1.29, 1.82) is 5.26 Å². The van der Waals surface area contributed by atoms with Crippen LogP contribution in [0.2, 0.25) is 0 Å². The average Bonchev–Trinajstić information content (AvgIpc) is 3.61. The summed E-state index contributed by atoms with van der Waals surface area (Å²) >= 11 is 1.49. The van der Waals surface area contributed by atoms with Gasteiger partial charge < -0.3 is 4.90 Å². The van der Waals surface area contributed by atoms with Crippen LogP contribution in [0.25, 0.3) is 28.0 Å². The molecule has 0 amide bonds. The first-order valence-electron chi connectivity index (χ1n) is 14.8. The number of fused-ring (bicyclic) bond motifs is 4. The Hall–Kier alpha value is -5.71. The Balaban J connectivity index is 1.37. The maximum Gasteiger partial charge on any atom is 0.197 e. The van der Waals surface area contributed by atoms with Gasteiger partial charge in [0.05, 0.1) is 22.5 Å². The lowest BCUT2D eigenvalue weighted by molar-refractivity contribution is 0.0990. The molecule has 0 radical (unpaired) electrons. The fraction of sp³-hybridized carbons (Fsp3) is 0.0769. The summed E-state index contributed by atoms with van der Waals surface area (Å²) in [6.45, 7) is 4.30. The number of carbonyl (C=O) groups is 2. The number of anilines is 3. The lowest BCUT2D eigenvalue weighted by atomic mass is 9.74. The first-order chi connectivity index (χ1) is 22.3. The average molecular weight is 618 g/mol. The normalized spacial score (nSPS) is 14.6. The Labute approximate surface area is 268 Å². The topological polar surface area (TPSA) is 74.1 Å². The molecule has 8 rings (SSSR count). The molecular weight excluding hydrogens is 594 g/mol. The molecule has 0 saturated heterocycles. The highest BCUT2D eigenvalue weighted by Crippen LogP contribution is 2.57. The minimum atomic E-state index is -0.507. The van der Waals surface area contributed by atoms with Gasteiger partial charge in [-0.1, -0.05) is 68.4 Å². The second-order valence-electron chi connectivity index (χ2n) is 12.0. The number of hydrogen-bond donors (Lipinski definition) is 0. The lowest BCUT2D eigenvalue weighted by Crippen LogP contribution is -2.29. The van der Waals surface area contributed by atoms with Gasteiger partial charge in [-0.25, -0.2) is 4.39 Å². The Kier molecular flexibility index (Phi) is 6.14. The van der Waals surface area contributed by atoms with Crippen molar-refractivity contribution in [2.45, 2.75) is 19.3 Å². The second-order valence-corrected chi connectivity index (χ2v) is 13.0. The van der Waals surface area contributed by atoms with Gasteiger partial charge in [0, 0.05) is 50.1 Å². The molecule has 0 fully saturated rings. The van der Waals surface area contributed by atoms with E-state index >= 15 is 4.39 Å². The van der Waals surface area contributed by atoms with Crippen molar-refractivity contribution < 1.29 is 14.0 Å². The van der Waals surface area contributed by atoms with Crippen molar-refractivity contribution in [3.63, 3.8) is 0 Å². The van der Waals surface area contributed by atoms with Crippen LogP contribution in [-0.4, -0.2) is 16.6 Å². The van der Waals surface area contributed by atoms with Crippen LogP contribution in [0.5, 0.6) is 0 Å². The van der Waals surface area contributed by atoms with Crippen LogP contribution >= 0.6 is 11.3 Å². The van der Waals surface area contributed by atoms with Gasteiger partial charge in [0.2, 0.25) is 0 Å². The maximum absolute atomic E-state index is 15.1. The smallest absolute Gasteiger partial charge is 0.197 e. The number of thiophene rings is 1. The number of nitriles is 1. The van der Waals surface area contributed by atoms with Gasteiger partial charge in [-0.15, -0.1) is 11.3 Å². The first kappa shape index (κ1) is 27.8. The maximum atomic E-state index is 15.1. The van der Waals surface area contributed by atoms with E-state index < -0.39 is 5.41 Å². The molecular formula is C39H24FN3O2S. The molecule has 0 spiro atoms. The Morgan fingerprint density at radius 1 is 0.826 bits per heavy atom. The quantitative estimate of drug-likeness (QED) is 0.146. The van der Waals surface area contributed by atoms with E-state index in [1.54, 1.807) is 54.9 Å². The van der Waals surface area contributed by atoms with Gasteiger partial charge >= 0.3 is 0 Å². The molecule has 3 heterocycles. The van der Waals surface area contributed by atoms with Crippen molar-refractivity contribution in [2.24, 2.45) is 0 Å². The monoisotopic (exact) mass is 617 g/mol. The summed E-state index contributed by atoms with van der Waals surface area (Å²) in [5, 5.41) is 12.0. The van der Waals surface area contributed by atoms with Crippen LogP contribution in [0.15, 0.2) is 109 Å². The summed E-state index contributed by atoms with van der Waals surface area (Å²) in [6, 6.07) is 29.9. The molecule has 2 aromatic heterocycles. The third-order valence-corrected chi connectivity index (χ3v) is 10.1. The molecule has 0 saturated carbocycles. The van der Waals surface area contributed by atoms with E-state index in [1.807, 2.05) is 36.4 Å². The first-order valence-corrected chi connectivity index (χ1v) is 15.6. The molecule has 1 aliphatic carbocycles. The highest BCUT2D eigenvalue weighted by Gasteiger charge is 2.40. The van der Waals surface area contributed by atoms with Crippen LogP contribution in [-0.2, 0) is 5.41 Å². The summed E-state index contributed by atoms with van der Waals surface area (Å²) in [4.78, 5) is 33.6. The number of halogens is 1. The molecule has 6 aromatic rings. The zero-order chi connectivity index (χ0) is 31.7. The summed E-state index contributed by atoms with van der Waals surface area (Å²) in [7, 11) is 0. The SMILES string of the molecule is CC1(C)c2cc(-c3ccncc3C#N)ccc2N(c2ccc(F)c3ccccc23)c2sc(C=C3C(=O)c4ccccc4C3=O)cc21. The Bertz CT molecular complexity index is 2340. The minimum absolute atomic E-state index is 0.151. The van der Waals surface area contributed by atoms with E-state index in [0.717, 1.165) is 48.9 Å². The number of hydrogen-bond acceptors (Lipinski definition) is 6. The van der Waals surface area contributed by atoms with Gasteiger partial charge in [-0.05, 0) is 59.2 Å². The predicted molar refractivity (Wildman–Crippen MR) is 180 cm³/mol. The summed E-state index contributed by atoms with van der Waals surface area (Å²) in [5.74, 6) is -0.846. The minimum Gasteiger partial charge on any atom is -0.301 e.